The highest BCUT2D eigenvalue weighted by Gasteiger charge is 1.93. The molecular weight excluding hydrogens is 280 g/mol. The monoisotopic (exact) mass is 308 g/mol. The van der Waals surface area contributed by atoms with Crippen molar-refractivity contribution in [3.8, 4) is 0 Å². The lowest BCUT2D eigenvalue weighted by Crippen LogP contribution is -2.13. The van der Waals surface area contributed by atoms with E-state index in [9.17, 15) is 4.79 Å². The van der Waals surface area contributed by atoms with Crippen molar-refractivity contribution in [3.63, 3.8) is 0 Å². The third-order valence-corrected chi connectivity index (χ3v) is 2.31. The largest absolute Gasteiger partial charge is 0.396 e. The molecule has 0 aromatic rings. The summed E-state index contributed by atoms with van der Waals surface area (Å²) in [4.78, 5) is 10.0. The highest BCUT2D eigenvalue weighted by atomic mass is 16.6. The van der Waals surface area contributed by atoms with Crippen LogP contribution in [0.2, 0.25) is 0 Å². The fraction of sp³-hybridized carbons (Fsp3) is 0.929. The van der Waals surface area contributed by atoms with Gasteiger partial charge in [-0.05, 0) is 6.42 Å². The average Bonchev–Trinajstić information content (AvgIpc) is 2.50. The van der Waals surface area contributed by atoms with Gasteiger partial charge in [0.25, 0.3) is 0 Å². The van der Waals surface area contributed by atoms with Gasteiger partial charge in [-0.2, -0.15) is 0 Å². The van der Waals surface area contributed by atoms with Crippen LogP contribution in [0.3, 0.4) is 0 Å². The van der Waals surface area contributed by atoms with Crippen molar-refractivity contribution in [1.29, 1.82) is 0 Å². The van der Waals surface area contributed by atoms with Gasteiger partial charge in [0.1, 0.15) is 6.29 Å². The van der Waals surface area contributed by atoms with Crippen LogP contribution in [0.4, 0.5) is 0 Å². The van der Waals surface area contributed by atoms with Crippen LogP contribution in [0.1, 0.15) is 12.8 Å². The summed E-state index contributed by atoms with van der Waals surface area (Å²) in [5.41, 5.74) is 0. The van der Waals surface area contributed by atoms with Crippen molar-refractivity contribution in [2.45, 2.75) is 12.8 Å². The number of aldehydes is 1. The first-order chi connectivity index (χ1) is 10.4. The summed E-state index contributed by atoms with van der Waals surface area (Å²) in [7, 11) is 0. The molecule has 0 aliphatic carbocycles. The van der Waals surface area contributed by atoms with E-state index in [1.165, 1.54) is 0 Å². The van der Waals surface area contributed by atoms with Crippen LogP contribution in [0.5, 0.6) is 0 Å². The number of hydrogen-bond acceptors (Lipinski definition) is 7. The Morgan fingerprint density at radius 3 is 1.38 bits per heavy atom. The Labute approximate surface area is 126 Å². The molecule has 0 aliphatic rings. The van der Waals surface area contributed by atoms with Crippen LogP contribution in [0.25, 0.3) is 0 Å². The summed E-state index contributed by atoms with van der Waals surface area (Å²) >= 11 is 0. The minimum absolute atomic E-state index is 0.154. The summed E-state index contributed by atoms with van der Waals surface area (Å²) in [5, 5.41) is 8.53. The SMILES string of the molecule is O=CCCOCCOCCOCCOCCOCCCO. The van der Waals surface area contributed by atoms with E-state index < -0.39 is 0 Å². The van der Waals surface area contributed by atoms with Gasteiger partial charge in [0.15, 0.2) is 0 Å². The van der Waals surface area contributed by atoms with Crippen molar-refractivity contribution >= 4 is 6.29 Å². The number of rotatable bonds is 18. The minimum Gasteiger partial charge on any atom is -0.396 e. The molecule has 0 bridgehead atoms. The number of aliphatic hydroxyl groups excluding tert-OH is 1. The molecule has 0 aromatic carbocycles. The normalized spacial score (nSPS) is 10.9. The van der Waals surface area contributed by atoms with Gasteiger partial charge in [0.05, 0.1) is 59.5 Å². The average molecular weight is 308 g/mol. The van der Waals surface area contributed by atoms with Gasteiger partial charge in [-0.3, -0.25) is 0 Å². The highest BCUT2D eigenvalue weighted by Crippen LogP contribution is 1.85. The Balaban J connectivity index is 2.91. The number of hydrogen-bond donors (Lipinski definition) is 1. The molecule has 0 atom stereocenters. The van der Waals surface area contributed by atoms with E-state index in [2.05, 4.69) is 0 Å². The number of carbonyl (C=O) groups is 1. The third kappa shape index (κ3) is 19.4. The highest BCUT2D eigenvalue weighted by molar-refractivity contribution is 5.49. The molecule has 0 saturated heterocycles. The topological polar surface area (TPSA) is 83.5 Å². The number of ether oxygens (including phenoxy) is 5. The van der Waals surface area contributed by atoms with Crippen molar-refractivity contribution in [1.82, 2.24) is 0 Å². The van der Waals surface area contributed by atoms with Gasteiger partial charge >= 0.3 is 0 Å². The van der Waals surface area contributed by atoms with Crippen molar-refractivity contribution in [3.05, 3.63) is 0 Å². The van der Waals surface area contributed by atoms with Crippen LogP contribution in [-0.4, -0.2) is 84.1 Å². The molecule has 0 radical (unpaired) electrons. The molecule has 0 amide bonds. The smallest absolute Gasteiger partial charge is 0.122 e. The summed E-state index contributed by atoms with van der Waals surface area (Å²) in [5.74, 6) is 0. The Morgan fingerprint density at radius 2 is 1.00 bits per heavy atom. The maximum absolute atomic E-state index is 10.0. The molecule has 126 valence electrons. The van der Waals surface area contributed by atoms with E-state index in [1.54, 1.807) is 0 Å². The molecule has 0 saturated carbocycles. The van der Waals surface area contributed by atoms with Gasteiger partial charge in [0, 0.05) is 19.6 Å². The summed E-state index contributed by atoms with van der Waals surface area (Å²) < 4.78 is 26.2. The second kappa shape index (κ2) is 19.4. The van der Waals surface area contributed by atoms with Gasteiger partial charge in [-0.15, -0.1) is 0 Å². The molecule has 0 unspecified atom stereocenters. The quantitative estimate of drug-likeness (QED) is 0.283. The van der Waals surface area contributed by atoms with Crippen LogP contribution in [0, 0.1) is 0 Å². The molecular formula is C14H28O7. The molecule has 0 rings (SSSR count). The van der Waals surface area contributed by atoms with E-state index in [0.29, 0.717) is 78.9 Å². The molecule has 0 spiro atoms. The Kier molecular flexibility index (Phi) is 18.9. The van der Waals surface area contributed by atoms with Crippen molar-refractivity contribution in [2.75, 3.05) is 72.7 Å². The first-order valence-corrected chi connectivity index (χ1v) is 7.35. The Bertz CT molecular complexity index is 202. The Morgan fingerprint density at radius 1 is 0.619 bits per heavy atom. The van der Waals surface area contributed by atoms with E-state index >= 15 is 0 Å². The van der Waals surface area contributed by atoms with Crippen LogP contribution < -0.4 is 0 Å². The number of carbonyl (C=O) groups excluding carboxylic acids is 1. The second-order valence-electron chi connectivity index (χ2n) is 4.09. The van der Waals surface area contributed by atoms with E-state index in [0.717, 1.165) is 6.29 Å². The third-order valence-electron chi connectivity index (χ3n) is 2.31. The molecule has 0 aliphatic heterocycles. The van der Waals surface area contributed by atoms with Gasteiger partial charge in [0.2, 0.25) is 0 Å². The van der Waals surface area contributed by atoms with Crippen LogP contribution >= 0.6 is 0 Å². The Hall–Kier alpha value is -0.570. The molecule has 7 nitrogen and oxygen atoms in total. The molecule has 0 aromatic heterocycles. The zero-order valence-corrected chi connectivity index (χ0v) is 12.7. The maximum Gasteiger partial charge on any atom is 0.122 e. The molecule has 0 heterocycles. The van der Waals surface area contributed by atoms with Gasteiger partial charge in [-0.1, -0.05) is 0 Å². The summed E-state index contributed by atoms with van der Waals surface area (Å²) in [6.07, 6.45) is 1.92. The zero-order valence-electron chi connectivity index (χ0n) is 12.7. The molecule has 21 heavy (non-hydrogen) atoms. The lowest BCUT2D eigenvalue weighted by Gasteiger charge is -2.07. The van der Waals surface area contributed by atoms with Crippen LogP contribution in [0.15, 0.2) is 0 Å². The van der Waals surface area contributed by atoms with E-state index in [4.69, 9.17) is 28.8 Å². The zero-order chi connectivity index (χ0) is 15.4. The predicted octanol–water partition coefficient (Wildman–Crippen LogP) is 0.0408. The number of aliphatic hydroxyl groups is 1. The minimum atomic E-state index is 0.154. The fourth-order valence-electron chi connectivity index (χ4n) is 1.28. The standard InChI is InChI=1S/C14H28O7/c15-3-1-5-17-7-9-19-11-13-21-14-12-20-10-8-18-6-2-4-16/h3,16H,1-2,4-14H2. The van der Waals surface area contributed by atoms with Crippen molar-refractivity contribution in [2.24, 2.45) is 0 Å². The van der Waals surface area contributed by atoms with Gasteiger partial charge in [-0.25, -0.2) is 0 Å². The lowest BCUT2D eigenvalue weighted by atomic mass is 10.5. The summed E-state index contributed by atoms with van der Waals surface area (Å²) in [6, 6.07) is 0. The van der Waals surface area contributed by atoms with Gasteiger partial charge < -0.3 is 33.6 Å². The fourth-order valence-corrected chi connectivity index (χ4v) is 1.28. The molecule has 0 fully saturated rings. The lowest BCUT2D eigenvalue weighted by molar-refractivity contribution is -0.108. The predicted molar refractivity (Wildman–Crippen MR) is 76.5 cm³/mol. The van der Waals surface area contributed by atoms with Crippen molar-refractivity contribution < 1.29 is 33.6 Å². The molecule has 7 heteroatoms. The maximum atomic E-state index is 10.0. The summed E-state index contributed by atoms with van der Waals surface area (Å²) in [6.45, 7) is 5.31. The second-order valence-corrected chi connectivity index (χ2v) is 4.09. The van der Waals surface area contributed by atoms with E-state index in [1.807, 2.05) is 0 Å². The first-order valence-electron chi connectivity index (χ1n) is 7.35. The molecule has 1 N–H and O–H groups in total. The first kappa shape index (κ1) is 20.4. The van der Waals surface area contributed by atoms with Crippen LogP contribution in [-0.2, 0) is 28.5 Å². The van der Waals surface area contributed by atoms with E-state index in [-0.39, 0.29) is 6.61 Å².